The molecule has 0 unspecified atom stereocenters. The third kappa shape index (κ3) is 13.8. The van der Waals surface area contributed by atoms with Crippen LogP contribution in [-0.4, -0.2) is 96.6 Å². The molecule has 1 aromatic heterocycles. The smallest absolute Gasteiger partial charge is 0.245 e. The second kappa shape index (κ2) is 24.5. The van der Waals surface area contributed by atoms with Crippen molar-refractivity contribution in [1.82, 2.24) is 25.4 Å². The van der Waals surface area contributed by atoms with Crippen LogP contribution in [0.15, 0.2) is 41.9 Å². The number of ether oxygens (including phenoxy) is 2. The zero-order valence-corrected chi connectivity index (χ0v) is 38.4. The van der Waals surface area contributed by atoms with E-state index in [-0.39, 0.29) is 108 Å². The van der Waals surface area contributed by atoms with Crippen LogP contribution in [-0.2, 0) is 35.1 Å². The molecule has 1 aliphatic rings. The molecule has 11 nitrogen and oxygen atoms in total. The maximum Gasteiger partial charge on any atom is 0.245 e. The summed E-state index contributed by atoms with van der Waals surface area (Å²) in [5.41, 5.74) is 1.09. The number of likely N-dealkylation sites (N-methyl/N-ethyl adjacent to an activating group) is 1. The van der Waals surface area contributed by atoms with Crippen LogP contribution in [0.25, 0.3) is 0 Å². The van der Waals surface area contributed by atoms with Crippen molar-refractivity contribution in [2.24, 2.45) is 23.7 Å². The summed E-state index contributed by atoms with van der Waals surface area (Å²) in [6.45, 7) is 14.1. The van der Waals surface area contributed by atoms with Gasteiger partial charge in [0.25, 0.3) is 0 Å². The topological polar surface area (TPSA) is 130 Å². The Labute approximate surface area is 362 Å². The van der Waals surface area contributed by atoms with Gasteiger partial charge < -0.3 is 48.5 Å². The van der Waals surface area contributed by atoms with E-state index >= 15 is 0 Å². The average Bonchev–Trinajstić information content (AvgIpc) is 3.83. The van der Waals surface area contributed by atoms with E-state index in [1.807, 2.05) is 75.2 Å². The molecule has 2 aromatic rings. The minimum Gasteiger partial charge on any atom is -0.379 e. The first-order valence-corrected chi connectivity index (χ1v) is 19.6. The van der Waals surface area contributed by atoms with Crippen LogP contribution in [0.5, 0.6) is 0 Å². The SMILES string of the molecule is CC[C@H](C)[C@@H]([C@@H](CC(=O)N1CCC[C@H]1[C@H](OC)[C@@H](C)C(=O)N[C@@H](Cc1ccccc1)c1nccs1)OC)N(C)C(=O)[C@@H](NC(=O)[CH-]C(C)C)C(C)C.[CH3-].[Nd]. The summed E-state index contributed by atoms with van der Waals surface area (Å²) < 4.78 is 12.0. The number of benzene rings is 1. The molecule has 0 radical (unpaired) electrons. The molecule has 2 N–H and O–H groups in total. The van der Waals surface area contributed by atoms with Gasteiger partial charge in [-0.15, -0.1) is 11.3 Å². The van der Waals surface area contributed by atoms with Crippen LogP contribution in [0.4, 0.5) is 0 Å². The maximum absolute atomic E-state index is 14.2. The number of methoxy groups -OCH3 is 2. The number of hydrogen-bond donors (Lipinski definition) is 2. The fraction of sp³-hybridized carbons (Fsp3) is 0.634. The number of carbonyl (C=O) groups excluding carboxylic acids is 4. The largest absolute Gasteiger partial charge is 0.379 e. The Balaban J connectivity index is 0.00000729. The number of nitrogens with one attached hydrogen (secondary N) is 2. The summed E-state index contributed by atoms with van der Waals surface area (Å²) in [4.78, 5) is 62.7. The van der Waals surface area contributed by atoms with E-state index in [2.05, 4.69) is 29.5 Å². The summed E-state index contributed by atoms with van der Waals surface area (Å²) in [5, 5.41) is 8.87. The first-order valence-electron chi connectivity index (χ1n) is 18.7. The molecule has 8 atom stereocenters. The van der Waals surface area contributed by atoms with Crippen molar-refractivity contribution >= 4 is 35.0 Å². The number of amides is 4. The molecule has 0 bridgehead atoms. The van der Waals surface area contributed by atoms with Crippen LogP contribution in [0.3, 0.4) is 0 Å². The number of carbonyl (C=O) groups is 4. The van der Waals surface area contributed by atoms with Gasteiger partial charge in [0.2, 0.25) is 17.7 Å². The van der Waals surface area contributed by atoms with Crippen molar-refractivity contribution in [2.45, 2.75) is 117 Å². The molecule has 54 heavy (non-hydrogen) atoms. The van der Waals surface area contributed by atoms with Crippen molar-refractivity contribution in [3.8, 4) is 0 Å². The van der Waals surface area contributed by atoms with E-state index < -0.39 is 30.2 Å². The van der Waals surface area contributed by atoms with Crippen molar-refractivity contribution < 1.29 is 69.5 Å². The van der Waals surface area contributed by atoms with E-state index in [0.29, 0.717) is 19.4 Å². The van der Waals surface area contributed by atoms with Gasteiger partial charge in [-0.05, 0) is 36.7 Å². The molecule has 3 rings (SSSR count). The van der Waals surface area contributed by atoms with E-state index in [9.17, 15) is 19.2 Å². The van der Waals surface area contributed by atoms with Crippen molar-refractivity contribution in [2.75, 3.05) is 27.8 Å². The number of hydrogen-bond acceptors (Lipinski definition) is 8. The van der Waals surface area contributed by atoms with Gasteiger partial charge in [0, 0.05) is 80.2 Å². The Morgan fingerprint density at radius 1 is 1.04 bits per heavy atom. The van der Waals surface area contributed by atoms with Crippen LogP contribution in [0, 0.1) is 78.4 Å². The van der Waals surface area contributed by atoms with E-state index in [1.54, 1.807) is 38.8 Å². The van der Waals surface area contributed by atoms with E-state index in [0.717, 1.165) is 23.4 Å². The molecule has 1 saturated heterocycles. The first-order chi connectivity index (χ1) is 24.7. The standard InChI is InChI=1S/C40H62N5O6S.CH3.Nd/c1-11-27(6)36(44(8)40(49)35(26(4)5)43-33(46)22-25(2)3)32(50-9)24-34(47)45-20-15-18-31(45)37(51-10)28(7)38(48)42-30(39-41-19-21-52-39)23-29-16-13-12-14-17-29;;/h12-14,16-17,19,21-22,25-28,30-32,35-37H,11,15,18,20,23-24H2,1-10H3,(H,42,48)(H,43,46);1H3;/q2*-1;/t27-,28+,30-,31-,32+,35-,36-,37+;;/m0../s1. The number of rotatable bonds is 20. The zero-order chi connectivity index (χ0) is 38.5. The molecular formula is C41H65N5NdO6S-2. The maximum atomic E-state index is 14.2. The predicted octanol–water partition coefficient (Wildman–Crippen LogP) is 5.91. The van der Waals surface area contributed by atoms with Gasteiger partial charge in [0.05, 0.1) is 48.6 Å². The summed E-state index contributed by atoms with van der Waals surface area (Å²) >= 11 is 1.51. The van der Waals surface area contributed by atoms with Gasteiger partial charge in [-0.2, -0.15) is 5.92 Å². The van der Waals surface area contributed by atoms with Crippen molar-refractivity contribution in [3.05, 3.63) is 66.3 Å². The third-order valence-corrected chi connectivity index (χ3v) is 11.2. The van der Waals surface area contributed by atoms with Crippen molar-refractivity contribution in [3.63, 3.8) is 0 Å². The monoisotopic (exact) mass is 897 g/mol. The third-order valence-electron chi connectivity index (χ3n) is 10.3. The quantitative estimate of drug-likeness (QED) is 0.158. The van der Waals surface area contributed by atoms with Gasteiger partial charge in [0.1, 0.15) is 11.0 Å². The van der Waals surface area contributed by atoms with E-state index in [1.165, 1.54) is 11.3 Å². The van der Waals surface area contributed by atoms with Crippen molar-refractivity contribution in [1.29, 1.82) is 0 Å². The normalized spacial score (nSPS) is 17.9. The molecule has 0 spiro atoms. The molecule has 4 amide bonds. The first kappa shape index (κ1) is 49.9. The van der Waals surface area contributed by atoms with Gasteiger partial charge in [0.15, 0.2) is 0 Å². The number of likely N-dealkylation sites (tertiary alicyclic amines) is 1. The van der Waals surface area contributed by atoms with Gasteiger partial charge in [-0.1, -0.05) is 85.2 Å². The number of nitrogens with zero attached hydrogens (tertiary/aromatic N) is 3. The van der Waals surface area contributed by atoms with E-state index in [4.69, 9.17) is 9.47 Å². The average molecular weight is 900 g/mol. The summed E-state index contributed by atoms with van der Waals surface area (Å²) in [6, 6.07) is 8.26. The number of thiazole rings is 1. The Hall–Kier alpha value is -2.13. The molecule has 302 valence electrons. The minimum absolute atomic E-state index is 0. The van der Waals surface area contributed by atoms with Crippen LogP contribution < -0.4 is 10.6 Å². The summed E-state index contributed by atoms with van der Waals surface area (Å²) in [6.07, 6.45) is 5.09. The minimum atomic E-state index is -0.729. The summed E-state index contributed by atoms with van der Waals surface area (Å²) in [7, 11) is 4.91. The fourth-order valence-electron chi connectivity index (χ4n) is 7.30. The van der Waals surface area contributed by atoms with Crippen LogP contribution in [0.2, 0.25) is 0 Å². The molecule has 1 fully saturated rings. The van der Waals surface area contributed by atoms with Crippen LogP contribution >= 0.6 is 11.3 Å². The fourth-order valence-corrected chi connectivity index (χ4v) is 7.99. The Bertz CT molecular complexity index is 1410. The Kier molecular flexibility index (Phi) is 22.6. The van der Waals surface area contributed by atoms with Gasteiger partial charge in [-0.25, -0.2) is 4.98 Å². The molecule has 0 saturated carbocycles. The second-order valence-corrected chi connectivity index (χ2v) is 15.8. The molecule has 1 aromatic carbocycles. The molecular weight excluding hydrogens is 835 g/mol. The number of aromatic nitrogens is 1. The molecule has 0 aliphatic carbocycles. The molecule has 1 aliphatic heterocycles. The molecule has 13 heteroatoms. The van der Waals surface area contributed by atoms with Gasteiger partial charge in [-0.3, -0.25) is 14.4 Å². The predicted molar refractivity (Wildman–Crippen MR) is 212 cm³/mol. The van der Waals surface area contributed by atoms with Gasteiger partial charge >= 0.3 is 0 Å². The Morgan fingerprint density at radius 2 is 1.70 bits per heavy atom. The summed E-state index contributed by atoms with van der Waals surface area (Å²) in [5.74, 6) is -1.42. The molecule has 2 heterocycles. The van der Waals surface area contributed by atoms with Crippen LogP contribution in [0.1, 0.15) is 90.8 Å². The Morgan fingerprint density at radius 3 is 2.24 bits per heavy atom. The second-order valence-electron chi connectivity index (χ2n) is 14.9. The zero-order valence-electron chi connectivity index (χ0n) is 34.3.